The van der Waals surface area contributed by atoms with Gasteiger partial charge in [-0.1, -0.05) is 0 Å². The molecular formula is C10H14FN3O3S. The van der Waals surface area contributed by atoms with Crippen LogP contribution < -0.4 is 15.8 Å². The van der Waals surface area contributed by atoms with Gasteiger partial charge >= 0.3 is 6.03 Å². The van der Waals surface area contributed by atoms with Crippen molar-refractivity contribution in [1.82, 2.24) is 5.32 Å². The summed E-state index contributed by atoms with van der Waals surface area (Å²) < 4.78 is 35.5. The Morgan fingerprint density at radius 1 is 1.39 bits per heavy atom. The van der Waals surface area contributed by atoms with Crippen LogP contribution in [0.2, 0.25) is 0 Å². The van der Waals surface area contributed by atoms with E-state index in [2.05, 4.69) is 10.6 Å². The number of hydrogen-bond acceptors (Lipinski definition) is 3. The highest BCUT2D eigenvalue weighted by molar-refractivity contribution is 7.89. The van der Waals surface area contributed by atoms with Gasteiger partial charge in [0.2, 0.25) is 10.0 Å². The average molecular weight is 275 g/mol. The van der Waals surface area contributed by atoms with Crippen molar-refractivity contribution >= 4 is 21.7 Å². The molecule has 0 aliphatic rings. The van der Waals surface area contributed by atoms with Gasteiger partial charge in [0.15, 0.2) is 0 Å². The zero-order valence-electron chi connectivity index (χ0n) is 9.90. The maximum atomic E-state index is 13.5. The number of primary sulfonamides is 1. The van der Waals surface area contributed by atoms with E-state index in [1.165, 1.54) is 0 Å². The predicted octanol–water partition coefficient (Wildman–Crippen LogP) is 1.00. The van der Waals surface area contributed by atoms with Crippen LogP contribution in [0.4, 0.5) is 14.9 Å². The van der Waals surface area contributed by atoms with Crippen LogP contribution in [0.3, 0.4) is 0 Å². The van der Waals surface area contributed by atoms with Gasteiger partial charge in [-0.2, -0.15) is 0 Å². The van der Waals surface area contributed by atoms with Crippen molar-refractivity contribution in [3.8, 4) is 0 Å². The molecular weight excluding hydrogens is 261 g/mol. The monoisotopic (exact) mass is 275 g/mol. The van der Waals surface area contributed by atoms with Crippen LogP contribution in [-0.2, 0) is 10.0 Å². The van der Waals surface area contributed by atoms with Gasteiger partial charge in [-0.05, 0) is 32.0 Å². The van der Waals surface area contributed by atoms with Crippen molar-refractivity contribution in [3.63, 3.8) is 0 Å². The third-order valence-corrected chi connectivity index (χ3v) is 2.85. The molecule has 1 aromatic rings. The number of hydrogen-bond donors (Lipinski definition) is 3. The number of rotatable bonds is 3. The van der Waals surface area contributed by atoms with Gasteiger partial charge in [0, 0.05) is 6.04 Å². The fraction of sp³-hybridized carbons (Fsp3) is 0.300. The molecule has 0 saturated carbocycles. The Hall–Kier alpha value is -1.67. The molecule has 2 amide bonds. The van der Waals surface area contributed by atoms with Gasteiger partial charge in [0.1, 0.15) is 5.82 Å². The van der Waals surface area contributed by atoms with Crippen LogP contribution >= 0.6 is 0 Å². The summed E-state index contributed by atoms with van der Waals surface area (Å²) >= 11 is 0. The fourth-order valence-electron chi connectivity index (χ4n) is 1.19. The third-order valence-electron chi connectivity index (χ3n) is 1.94. The Morgan fingerprint density at radius 3 is 2.44 bits per heavy atom. The van der Waals surface area contributed by atoms with Crippen molar-refractivity contribution in [2.45, 2.75) is 24.8 Å². The van der Waals surface area contributed by atoms with Gasteiger partial charge < -0.3 is 10.6 Å². The Balaban J connectivity index is 2.90. The fourth-order valence-corrected chi connectivity index (χ4v) is 1.72. The van der Waals surface area contributed by atoms with E-state index in [0.29, 0.717) is 0 Å². The quantitative estimate of drug-likeness (QED) is 0.767. The Morgan fingerprint density at radius 2 is 2.00 bits per heavy atom. The molecule has 0 heterocycles. The van der Waals surface area contributed by atoms with Crippen molar-refractivity contribution in [2.75, 3.05) is 5.32 Å². The highest BCUT2D eigenvalue weighted by atomic mass is 32.2. The summed E-state index contributed by atoms with van der Waals surface area (Å²) in [4.78, 5) is 11.0. The number of nitrogens with two attached hydrogens (primary N) is 1. The summed E-state index contributed by atoms with van der Waals surface area (Å²) in [6.07, 6.45) is 0. The zero-order valence-corrected chi connectivity index (χ0v) is 10.7. The second-order valence-electron chi connectivity index (χ2n) is 3.94. The molecule has 18 heavy (non-hydrogen) atoms. The lowest BCUT2D eigenvalue weighted by molar-refractivity contribution is 0.250. The van der Waals surface area contributed by atoms with Crippen LogP contribution in [0.1, 0.15) is 13.8 Å². The normalized spacial score (nSPS) is 11.4. The van der Waals surface area contributed by atoms with Crippen molar-refractivity contribution < 1.29 is 17.6 Å². The number of nitrogens with one attached hydrogen (secondary N) is 2. The summed E-state index contributed by atoms with van der Waals surface area (Å²) in [5.41, 5.74) is -0.124. The highest BCUT2D eigenvalue weighted by Gasteiger charge is 2.13. The number of urea groups is 1. The molecule has 0 unspecified atom stereocenters. The highest BCUT2D eigenvalue weighted by Crippen LogP contribution is 2.17. The number of anilines is 1. The van der Waals surface area contributed by atoms with Crippen LogP contribution in [-0.4, -0.2) is 20.5 Å². The van der Waals surface area contributed by atoms with E-state index < -0.39 is 21.9 Å². The summed E-state index contributed by atoms with van der Waals surface area (Å²) in [6, 6.07) is 2.32. The first-order valence-corrected chi connectivity index (χ1v) is 6.64. The van der Waals surface area contributed by atoms with Gasteiger partial charge in [0.25, 0.3) is 0 Å². The number of sulfonamides is 1. The molecule has 6 nitrogen and oxygen atoms in total. The molecule has 100 valence electrons. The van der Waals surface area contributed by atoms with Gasteiger partial charge in [-0.15, -0.1) is 0 Å². The second-order valence-corrected chi connectivity index (χ2v) is 5.50. The molecule has 0 aliphatic carbocycles. The first-order chi connectivity index (χ1) is 8.20. The maximum absolute atomic E-state index is 13.5. The zero-order chi connectivity index (χ0) is 13.9. The lowest BCUT2D eigenvalue weighted by Gasteiger charge is -2.11. The molecule has 0 fully saturated rings. The molecule has 0 aliphatic heterocycles. The van der Waals surface area contributed by atoms with E-state index in [9.17, 15) is 17.6 Å². The summed E-state index contributed by atoms with van der Waals surface area (Å²) in [7, 11) is -3.96. The Kier molecular flexibility index (Phi) is 4.25. The van der Waals surface area contributed by atoms with E-state index in [1.807, 2.05) is 0 Å². The first-order valence-electron chi connectivity index (χ1n) is 5.10. The first kappa shape index (κ1) is 14.4. The number of amides is 2. The van der Waals surface area contributed by atoms with E-state index in [-0.39, 0.29) is 16.6 Å². The SMILES string of the molecule is CC(C)NC(=O)Nc1ccc(S(N)(=O)=O)cc1F. The molecule has 0 saturated heterocycles. The van der Waals surface area contributed by atoms with E-state index in [1.54, 1.807) is 13.8 Å². The minimum absolute atomic E-state index is 0.100. The Labute approximate surface area is 104 Å². The molecule has 8 heteroatoms. The summed E-state index contributed by atoms with van der Waals surface area (Å²) in [5.74, 6) is -0.875. The molecule has 0 radical (unpaired) electrons. The Bertz CT molecular complexity index is 557. The van der Waals surface area contributed by atoms with Crippen molar-refractivity contribution in [1.29, 1.82) is 0 Å². The van der Waals surface area contributed by atoms with E-state index in [4.69, 9.17) is 5.14 Å². The van der Waals surface area contributed by atoms with Crippen LogP contribution in [0.5, 0.6) is 0 Å². The molecule has 1 aromatic carbocycles. The molecule has 0 spiro atoms. The molecule has 0 atom stereocenters. The van der Waals surface area contributed by atoms with Crippen molar-refractivity contribution in [3.05, 3.63) is 24.0 Å². The maximum Gasteiger partial charge on any atom is 0.319 e. The second kappa shape index (κ2) is 5.32. The summed E-state index contributed by atoms with van der Waals surface area (Å²) in [6.45, 7) is 3.50. The van der Waals surface area contributed by atoms with Gasteiger partial charge in [-0.25, -0.2) is 22.7 Å². The molecule has 0 aromatic heterocycles. The largest absolute Gasteiger partial charge is 0.336 e. The standard InChI is InChI=1S/C10H14FN3O3S/c1-6(2)13-10(15)14-9-4-3-7(5-8(9)11)18(12,16)17/h3-6H,1-2H3,(H2,12,16,17)(H2,13,14,15). The lowest BCUT2D eigenvalue weighted by Crippen LogP contribution is -2.34. The smallest absolute Gasteiger partial charge is 0.319 e. The van der Waals surface area contributed by atoms with Crippen LogP contribution in [0.25, 0.3) is 0 Å². The van der Waals surface area contributed by atoms with E-state index in [0.717, 1.165) is 18.2 Å². The summed E-state index contributed by atoms with van der Waals surface area (Å²) in [5, 5.41) is 9.61. The average Bonchev–Trinajstić information content (AvgIpc) is 2.18. The third kappa shape index (κ3) is 3.97. The predicted molar refractivity (Wildman–Crippen MR) is 65.1 cm³/mol. The molecule has 0 bridgehead atoms. The number of halogens is 1. The van der Waals surface area contributed by atoms with Crippen molar-refractivity contribution in [2.24, 2.45) is 5.14 Å². The van der Waals surface area contributed by atoms with E-state index >= 15 is 0 Å². The van der Waals surface area contributed by atoms with Gasteiger partial charge in [-0.3, -0.25) is 0 Å². The van der Waals surface area contributed by atoms with Crippen LogP contribution in [0.15, 0.2) is 23.1 Å². The minimum Gasteiger partial charge on any atom is -0.336 e. The van der Waals surface area contributed by atoms with Crippen LogP contribution in [0, 0.1) is 5.82 Å². The number of carbonyl (C=O) groups excluding carboxylic acids is 1. The topological polar surface area (TPSA) is 101 Å². The molecule has 1 rings (SSSR count). The van der Waals surface area contributed by atoms with Gasteiger partial charge in [0.05, 0.1) is 10.6 Å². The number of benzene rings is 1. The minimum atomic E-state index is -3.96. The lowest BCUT2D eigenvalue weighted by atomic mass is 10.3. The molecule has 4 N–H and O–H groups in total. The number of carbonyl (C=O) groups is 1.